The summed E-state index contributed by atoms with van der Waals surface area (Å²) < 4.78 is 28.3. The van der Waals surface area contributed by atoms with Gasteiger partial charge in [-0.1, -0.05) is 60.4 Å². The molecule has 0 radical (unpaired) electrons. The fraction of sp³-hybridized carbons (Fsp3) is 0.125. The Kier molecular flexibility index (Phi) is 6.85. The van der Waals surface area contributed by atoms with Gasteiger partial charge < -0.3 is 0 Å². The van der Waals surface area contributed by atoms with E-state index in [9.17, 15) is 13.2 Å². The number of thiocarbonyl (C=S) groups is 1. The summed E-state index contributed by atoms with van der Waals surface area (Å²) in [4.78, 5) is 15.0. The smallest absolute Gasteiger partial charge is 0.266 e. The van der Waals surface area contributed by atoms with Gasteiger partial charge in [0, 0.05) is 38.0 Å². The Morgan fingerprint density at radius 1 is 1.12 bits per heavy atom. The van der Waals surface area contributed by atoms with Crippen molar-refractivity contribution in [2.24, 2.45) is 0 Å². The lowest BCUT2D eigenvalue weighted by molar-refractivity contribution is -0.121. The van der Waals surface area contributed by atoms with E-state index < -0.39 is 10.0 Å². The monoisotopic (exact) mass is 510 g/mol. The van der Waals surface area contributed by atoms with E-state index in [1.165, 1.54) is 35.1 Å². The zero-order valence-corrected chi connectivity index (χ0v) is 21.0. The topological polar surface area (TPSA) is 75.5 Å². The molecule has 1 aliphatic rings. The van der Waals surface area contributed by atoms with E-state index in [0.717, 1.165) is 11.3 Å². The normalized spacial score (nSPS) is 15.5. The predicted molar refractivity (Wildman–Crippen MR) is 140 cm³/mol. The molecule has 174 valence electrons. The van der Waals surface area contributed by atoms with Crippen LogP contribution in [0.15, 0.2) is 83.2 Å². The minimum absolute atomic E-state index is 0.180. The lowest BCUT2D eigenvalue weighted by Crippen LogP contribution is -2.27. The third kappa shape index (κ3) is 4.62. The summed E-state index contributed by atoms with van der Waals surface area (Å²) in [5.74, 6) is -0.180. The van der Waals surface area contributed by atoms with Crippen LogP contribution in [0.4, 0.5) is 0 Å². The van der Waals surface area contributed by atoms with Crippen molar-refractivity contribution in [2.75, 3.05) is 20.6 Å². The maximum absolute atomic E-state index is 12.9. The standard InChI is InChI=1S/C24H22N4O3S3/c1-4-14-27-23(29)21(33-24(27)32)15-18-16-28(19-8-6-5-7-9-19)25-22(18)17-10-12-20(13-11-17)34(30,31)26(2)3/h4-13,15-16H,1,14H2,2-3H3/b21-15-. The molecule has 1 saturated heterocycles. The Bertz CT molecular complexity index is 1390. The lowest BCUT2D eigenvalue weighted by atomic mass is 10.1. The van der Waals surface area contributed by atoms with E-state index >= 15 is 0 Å². The molecule has 1 aliphatic heterocycles. The van der Waals surface area contributed by atoms with Crippen molar-refractivity contribution in [1.82, 2.24) is 19.0 Å². The summed E-state index contributed by atoms with van der Waals surface area (Å²) in [6.45, 7) is 4.03. The molecule has 0 spiro atoms. The van der Waals surface area contributed by atoms with Crippen molar-refractivity contribution >= 4 is 50.3 Å². The van der Waals surface area contributed by atoms with Gasteiger partial charge in [-0.15, -0.1) is 6.58 Å². The number of nitrogens with zero attached hydrogens (tertiary/aromatic N) is 4. The van der Waals surface area contributed by atoms with Crippen LogP contribution in [0.5, 0.6) is 0 Å². The van der Waals surface area contributed by atoms with Crippen molar-refractivity contribution in [3.8, 4) is 16.9 Å². The molecule has 1 aromatic heterocycles. The molecule has 1 amide bonds. The number of hydrogen-bond donors (Lipinski definition) is 0. The number of hydrogen-bond acceptors (Lipinski definition) is 6. The van der Waals surface area contributed by atoms with Gasteiger partial charge >= 0.3 is 0 Å². The van der Waals surface area contributed by atoms with Gasteiger partial charge in [-0.05, 0) is 30.3 Å². The number of para-hydroxylation sites is 1. The Morgan fingerprint density at radius 3 is 2.41 bits per heavy atom. The summed E-state index contributed by atoms with van der Waals surface area (Å²) in [5.41, 5.74) is 2.91. The first kappa shape index (κ1) is 24.1. The fourth-order valence-electron chi connectivity index (χ4n) is 3.35. The van der Waals surface area contributed by atoms with E-state index in [0.29, 0.717) is 27.0 Å². The molecular weight excluding hydrogens is 488 g/mol. The molecular formula is C24H22N4O3S3. The first-order chi connectivity index (χ1) is 16.2. The van der Waals surface area contributed by atoms with Crippen molar-refractivity contribution in [2.45, 2.75) is 4.90 Å². The molecule has 0 N–H and O–H groups in total. The molecule has 0 atom stereocenters. The van der Waals surface area contributed by atoms with Gasteiger partial charge in [0.15, 0.2) is 0 Å². The number of carbonyl (C=O) groups excluding carboxylic acids is 1. The summed E-state index contributed by atoms with van der Waals surface area (Å²) in [7, 11) is -0.565. The van der Waals surface area contributed by atoms with Crippen LogP contribution in [0, 0.1) is 0 Å². The zero-order chi connectivity index (χ0) is 24.5. The molecule has 10 heteroatoms. The fourth-order valence-corrected chi connectivity index (χ4v) is 5.52. The number of carbonyl (C=O) groups is 1. The molecule has 4 rings (SSSR count). The number of thioether (sulfide) groups is 1. The Labute approximate surface area is 208 Å². The number of rotatable bonds is 7. The highest BCUT2D eigenvalue weighted by atomic mass is 32.2. The Hall–Kier alpha value is -3.05. The third-order valence-electron chi connectivity index (χ3n) is 5.14. The van der Waals surface area contributed by atoms with Gasteiger partial charge in [0.05, 0.1) is 21.2 Å². The van der Waals surface area contributed by atoms with Crippen LogP contribution in [-0.4, -0.2) is 58.3 Å². The maximum atomic E-state index is 12.9. The van der Waals surface area contributed by atoms with Gasteiger partial charge in [0.25, 0.3) is 5.91 Å². The van der Waals surface area contributed by atoms with Gasteiger partial charge in [0.1, 0.15) is 4.32 Å². The molecule has 34 heavy (non-hydrogen) atoms. The first-order valence-corrected chi connectivity index (χ1v) is 12.9. The highest BCUT2D eigenvalue weighted by molar-refractivity contribution is 8.26. The molecule has 0 aliphatic carbocycles. The highest BCUT2D eigenvalue weighted by Crippen LogP contribution is 2.35. The van der Waals surface area contributed by atoms with Gasteiger partial charge in [-0.25, -0.2) is 17.4 Å². The van der Waals surface area contributed by atoms with Crippen molar-refractivity contribution in [1.29, 1.82) is 0 Å². The summed E-state index contributed by atoms with van der Waals surface area (Å²) in [6.07, 6.45) is 5.25. The maximum Gasteiger partial charge on any atom is 0.266 e. The summed E-state index contributed by atoms with van der Waals surface area (Å²) >= 11 is 6.59. The minimum Gasteiger partial charge on any atom is -0.289 e. The van der Waals surface area contributed by atoms with E-state index in [-0.39, 0.29) is 10.8 Å². The Morgan fingerprint density at radius 2 is 1.79 bits per heavy atom. The van der Waals surface area contributed by atoms with E-state index in [1.54, 1.807) is 41.1 Å². The second-order valence-electron chi connectivity index (χ2n) is 7.61. The van der Waals surface area contributed by atoms with Crippen molar-refractivity contribution in [3.05, 3.63) is 83.9 Å². The van der Waals surface area contributed by atoms with Crippen LogP contribution in [0.25, 0.3) is 23.0 Å². The van der Waals surface area contributed by atoms with Crippen LogP contribution in [0.2, 0.25) is 0 Å². The second kappa shape index (κ2) is 9.67. The van der Waals surface area contributed by atoms with Crippen LogP contribution in [-0.2, 0) is 14.8 Å². The SMILES string of the molecule is C=CCN1C(=O)/C(=C/c2cn(-c3ccccc3)nc2-c2ccc(S(=O)(=O)N(C)C)cc2)SC1=S. The number of sulfonamides is 1. The average molecular weight is 511 g/mol. The van der Waals surface area contributed by atoms with E-state index in [2.05, 4.69) is 6.58 Å². The molecule has 2 heterocycles. The van der Waals surface area contributed by atoms with Crippen molar-refractivity contribution in [3.63, 3.8) is 0 Å². The molecule has 3 aromatic rings. The second-order valence-corrected chi connectivity index (χ2v) is 11.4. The zero-order valence-electron chi connectivity index (χ0n) is 18.6. The van der Waals surface area contributed by atoms with Gasteiger partial charge in [-0.3, -0.25) is 9.69 Å². The molecule has 0 saturated carbocycles. The van der Waals surface area contributed by atoms with Crippen LogP contribution in [0.1, 0.15) is 5.56 Å². The molecule has 0 bridgehead atoms. The van der Waals surface area contributed by atoms with Crippen molar-refractivity contribution < 1.29 is 13.2 Å². The molecule has 7 nitrogen and oxygen atoms in total. The highest BCUT2D eigenvalue weighted by Gasteiger charge is 2.31. The number of aromatic nitrogens is 2. The first-order valence-electron chi connectivity index (χ1n) is 10.3. The van der Waals surface area contributed by atoms with Crippen LogP contribution < -0.4 is 0 Å². The lowest BCUT2D eigenvalue weighted by Gasteiger charge is -2.11. The predicted octanol–water partition coefficient (Wildman–Crippen LogP) is 4.18. The van der Waals surface area contributed by atoms with Gasteiger partial charge in [0.2, 0.25) is 10.0 Å². The summed E-state index contributed by atoms with van der Waals surface area (Å²) in [5, 5.41) is 4.75. The number of amides is 1. The quantitative estimate of drug-likeness (QED) is 0.270. The van der Waals surface area contributed by atoms with Gasteiger partial charge in [-0.2, -0.15) is 5.10 Å². The molecule has 1 fully saturated rings. The minimum atomic E-state index is -3.55. The van der Waals surface area contributed by atoms with E-state index in [1.807, 2.05) is 36.5 Å². The molecule has 2 aromatic carbocycles. The van der Waals surface area contributed by atoms with Crippen LogP contribution >= 0.6 is 24.0 Å². The molecule has 0 unspecified atom stereocenters. The Balaban J connectivity index is 1.80. The van der Waals surface area contributed by atoms with E-state index in [4.69, 9.17) is 17.3 Å². The third-order valence-corrected chi connectivity index (χ3v) is 8.35. The summed E-state index contributed by atoms with van der Waals surface area (Å²) in [6, 6.07) is 16.1. The van der Waals surface area contributed by atoms with Crippen LogP contribution in [0.3, 0.4) is 0 Å². The number of benzene rings is 2. The largest absolute Gasteiger partial charge is 0.289 e. The average Bonchev–Trinajstić information content (AvgIpc) is 3.36.